The molecule has 0 saturated heterocycles. The molecule has 0 aromatic heterocycles. The van der Waals surface area contributed by atoms with Gasteiger partial charge >= 0.3 is 5.97 Å². The number of carboxylic acids is 1. The molecule has 804 valence electrons. The van der Waals surface area contributed by atoms with Crippen LogP contribution in [0, 0.1) is 218 Å². The third-order valence-corrected chi connectivity index (χ3v) is 47.2. The first-order valence-electron chi connectivity index (χ1n) is 56.2. The second-order valence-electron chi connectivity index (χ2n) is 55.2. The predicted molar refractivity (Wildman–Crippen MR) is 583 cm³/mol. The molecule has 20 rings (SSSR count). The quantitative estimate of drug-likeness (QED) is 0.0664. The number of carboxylic acid groups (broad SMARTS) is 1. The number of carbonyl (C=O) groups is 10. The number of amides is 1. The van der Waals surface area contributed by atoms with Crippen LogP contribution in [0.4, 0.5) is 0 Å². The van der Waals surface area contributed by atoms with Crippen molar-refractivity contribution in [3.8, 4) is 0 Å². The Labute approximate surface area is 887 Å². The van der Waals surface area contributed by atoms with Crippen LogP contribution in [0.2, 0.25) is 0 Å². The Balaban J connectivity index is 0.000000199. The molecule has 21 heteroatoms. The third-order valence-electron chi connectivity index (χ3n) is 47.2. The standard InChI is InChI=1S/C30H38N4O3.C30H38N2O3.C30H39NO4.C29H40N2O2.7CH4/c1-17-18-8-9-28(5)22(27(18,4)16-20(32-7)24(17)36)14-21(35)23-19-15-26(2,3)10-12-30(19,25(37)33-34-31)13-11-29(23,28)6;1-18-19-8-9-28(5)23(27(19,4)16-21(31-7)25(18)35)14-22(34)24-20-15-26(2,3)10-12-30(20,32-17-33)13-11-29(24,28)6;1-17-18-8-9-28(5)22(27(18,4)16-20(31-7)24(17)33)14-21(32)23-19-15-26(2,3)10-12-30(19,25(34)35)13-11-29(23,28)6;1-17-18-8-9-27(5)22(26(18,4)16-20(31-7)24(17)33)14-21(32)23-19-15-25(2,3)10-12-29(19,30)13-11-28(23,27)6;;;;;;;/h14,16-19,23H,8-13,15H2,1-6H3;14,16,18-20,24H,8-13,15H2,1-6H3;14,16-19,23H,8-13,15H2,1-6H3,(H,34,35);14,16-19,23H,8-13,15,30H2,1-6H3;7*1H4/t17-,18-,19-,23-,27-,28+,29+,30-;18-,19-,20-,24-,27-,28+,29+,30-;17-,18-,19-,23-,27-,28+,29+,30-;17-,18-,19-,23-,26-,27+,28+,29-;;;;;;;/m0000......./s1/i;;;;3*1T;;;;. The number of azide groups is 1. The van der Waals surface area contributed by atoms with Gasteiger partial charge in [0.25, 0.3) is 0 Å². The molecule has 0 aromatic rings. The average molecular weight is 2020 g/mol. The molecule has 3 N–H and O–H groups in total. The van der Waals surface area contributed by atoms with Gasteiger partial charge in [-0.2, -0.15) is 4.99 Å². The normalized spacial score (nSPS) is 46.0. The fraction of sp³-hybridized carbons (Fsp3) is 0.754. The number of rotatable bonds is 3. The van der Waals surface area contributed by atoms with Crippen LogP contribution in [-0.4, -0.2) is 80.4 Å². The number of hydrogen-bond acceptors (Lipinski definition) is 13. The van der Waals surface area contributed by atoms with Gasteiger partial charge in [0.05, 0.1) is 37.2 Å². The summed E-state index contributed by atoms with van der Waals surface area (Å²) in [6.07, 6.45) is 40.9. The van der Waals surface area contributed by atoms with Crippen molar-refractivity contribution in [2.45, 2.75) is 409 Å². The van der Waals surface area contributed by atoms with Crippen molar-refractivity contribution in [2.24, 2.45) is 208 Å². The van der Waals surface area contributed by atoms with Gasteiger partial charge in [-0.25, -0.2) is 24.2 Å². The molecule has 0 spiro atoms. The summed E-state index contributed by atoms with van der Waals surface area (Å²) in [6, 6.07) is 0. The molecule has 12 saturated carbocycles. The number of ketones is 8. The van der Waals surface area contributed by atoms with Crippen LogP contribution in [0.25, 0.3) is 29.8 Å². The molecule has 1 amide bonds. The molecular weight excluding hydrogens is 1830 g/mol. The Bertz CT molecular complexity index is 5910. The lowest BCUT2D eigenvalue weighted by molar-refractivity contribution is -0.188. The molecule has 0 heterocycles. The van der Waals surface area contributed by atoms with Gasteiger partial charge in [-0.1, -0.05) is 265 Å². The van der Waals surface area contributed by atoms with E-state index < -0.39 is 49.9 Å². The van der Waals surface area contributed by atoms with Gasteiger partial charge in [-0.15, -0.1) is 0 Å². The van der Waals surface area contributed by atoms with Crippen molar-refractivity contribution in [3.05, 3.63) is 150 Å². The molecule has 0 radical (unpaired) electrons. The van der Waals surface area contributed by atoms with Crippen molar-refractivity contribution in [1.82, 2.24) is 0 Å². The second-order valence-corrected chi connectivity index (χ2v) is 55.2. The second kappa shape index (κ2) is 38.4. The van der Waals surface area contributed by atoms with E-state index in [1.54, 1.807) is 0 Å². The summed E-state index contributed by atoms with van der Waals surface area (Å²) < 4.78 is 17.2. The van der Waals surface area contributed by atoms with Gasteiger partial charge in [0.2, 0.25) is 34.8 Å². The number of aliphatic imine (C=N–C) groups is 1. The highest BCUT2D eigenvalue weighted by Gasteiger charge is 2.76. The summed E-state index contributed by atoms with van der Waals surface area (Å²) in [5, 5.41) is 14.1. The van der Waals surface area contributed by atoms with E-state index in [0.717, 1.165) is 164 Å². The molecule has 0 bridgehead atoms. The number of nitrogens with two attached hydrogens (primary N) is 1. The first-order chi connectivity index (χ1) is 67.9. The summed E-state index contributed by atoms with van der Waals surface area (Å²) >= 11 is 0. The zero-order valence-electron chi connectivity index (χ0n) is 94.2. The van der Waals surface area contributed by atoms with Crippen LogP contribution in [0.5, 0.6) is 0 Å². The first-order valence-corrected chi connectivity index (χ1v) is 53.2. The number of allylic oxidation sites excluding steroid dienone is 16. The summed E-state index contributed by atoms with van der Waals surface area (Å²) in [6.45, 7) is 83.4. The minimum Gasteiger partial charge on any atom is -0.481 e. The van der Waals surface area contributed by atoms with Crippen molar-refractivity contribution >= 4 is 64.2 Å². The molecule has 0 aromatic carbocycles. The third kappa shape index (κ3) is 16.4. The maximum absolute atomic E-state index is 14.3. The molecule has 20 aliphatic carbocycles. The predicted octanol–water partition coefficient (Wildman–Crippen LogP) is 29.8. The number of hydrogen-bond donors (Lipinski definition) is 2. The van der Waals surface area contributed by atoms with E-state index in [1.807, 2.05) is 82.4 Å². The summed E-state index contributed by atoms with van der Waals surface area (Å²) in [4.78, 5) is 167. The lowest BCUT2D eigenvalue weighted by atomic mass is 9.35. The highest BCUT2D eigenvalue weighted by Crippen LogP contribution is 2.80. The summed E-state index contributed by atoms with van der Waals surface area (Å²) in [5.41, 5.74) is 15.4. The monoisotopic (exact) mass is 2020 g/mol. The molecular formula is C126H183N9O12. The Morgan fingerprint density at radius 3 is 0.905 bits per heavy atom. The van der Waals surface area contributed by atoms with Gasteiger partial charge in [0.15, 0.2) is 46.3 Å². The lowest BCUT2D eigenvalue weighted by Gasteiger charge is -2.68. The van der Waals surface area contributed by atoms with Crippen LogP contribution >= 0.6 is 0 Å². The Morgan fingerprint density at radius 2 is 0.599 bits per heavy atom. The average Bonchev–Trinajstić information content (AvgIpc) is 0.675. The maximum atomic E-state index is 14.3. The Morgan fingerprint density at radius 1 is 0.361 bits per heavy atom. The number of carbonyl (C=O) groups excluding carboxylic acids is 10. The molecule has 21 nitrogen and oxygen atoms in total. The molecule has 0 aliphatic heterocycles. The highest BCUT2D eigenvalue weighted by atomic mass is 16.4. The molecule has 147 heavy (non-hydrogen) atoms. The van der Waals surface area contributed by atoms with Crippen LogP contribution in [-0.2, 0) is 52.7 Å². The van der Waals surface area contributed by atoms with E-state index in [0.29, 0.717) is 32.1 Å². The summed E-state index contributed by atoms with van der Waals surface area (Å²) in [7, 11) is 3.75. The van der Waals surface area contributed by atoms with Gasteiger partial charge in [-0.3, -0.25) is 28.8 Å². The first kappa shape index (κ1) is 115. The fourth-order valence-corrected chi connectivity index (χ4v) is 38.1. The van der Waals surface area contributed by atoms with Crippen molar-refractivity contribution in [3.63, 3.8) is 0 Å². The molecule has 20 aliphatic rings. The number of fused-ring (bicyclic) bond motifs is 28. The fourth-order valence-electron chi connectivity index (χ4n) is 38.1. The number of aliphatic carboxylic acids is 1. The van der Waals surface area contributed by atoms with Crippen molar-refractivity contribution in [2.75, 3.05) is 0 Å². The van der Waals surface area contributed by atoms with E-state index in [-0.39, 0.29) is 264 Å². The van der Waals surface area contributed by atoms with E-state index in [2.05, 4.69) is 173 Å². The number of Topliss-reactive ketones (excluding diaryl/α,β-unsaturated/α-hetero) is 4. The Hall–Kier alpha value is -8.97. The van der Waals surface area contributed by atoms with Crippen molar-refractivity contribution < 1.29 is 62.0 Å². The number of isocyanates is 1. The molecule has 12 fully saturated rings. The number of nitrogens with zero attached hydrogens (tertiary/aromatic N) is 8. The van der Waals surface area contributed by atoms with Crippen LogP contribution in [0.1, 0.15) is 402 Å². The highest BCUT2D eigenvalue weighted by molar-refractivity contribution is 6.05. The van der Waals surface area contributed by atoms with Crippen molar-refractivity contribution in [1.29, 1.82) is 0 Å². The van der Waals surface area contributed by atoms with Gasteiger partial charge in [0.1, 0.15) is 0 Å². The zero-order chi connectivity index (χ0) is 109. The maximum Gasteiger partial charge on any atom is 0.309 e. The van der Waals surface area contributed by atoms with Crippen LogP contribution in [0.15, 0.2) is 104 Å². The Kier molecular flexibility index (Phi) is 30.1. The summed E-state index contributed by atoms with van der Waals surface area (Å²) in [5.74, 6) is -2.38. The molecule has 32 atom stereocenters. The smallest absolute Gasteiger partial charge is 0.309 e. The van der Waals surface area contributed by atoms with Gasteiger partial charge in [0, 0.05) is 89.0 Å². The van der Waals surface area contributed by atoms with Gasteiger partial charge in [-0.05, 0) is 327 Å². The topological polar surface area (TPSA) is 313 Å². The SMILES string of the molecule is C.C.C.C.[3H]C.[3H]C.[3H]C.[C-]#[N+]C1=C[C@]2(C)C3=CC(=O)[C@@H]4[C@@H]5CC(C)(C)CC[C@]5(C(=O)N=[N+]=[N-])CC[C@@]4(C)[C@]3(C)CC[C@H]2[C@H](C)C1=O.[C-]#[N+]C1=C[C@]2(C)C3=CC(=O)[C@@H]4[C@@H]5CC(C)(C)CC[C@]5(C(=O)O)CC[C@@]4(C)[C@]3(C)CC[C@H]2[C@H](C)C1=O.[C-]#[N+]C1=C[C@]2(C)C3=CC(=O)[C@@H]4[C@@H]5CC(C)(C)CC[C@]5(N)CC[C@@]4(C)[C@]3(C)CC[C@H]2[C@H](C)C1=O.[C-]#[N+]C1=C[C@]2(C)C3=CC(=O)[C@@H]4[C@@H]5CC(C)(C)CC[C@]5(N=C=O)CC[C@@]4(C)[C@]3(C)CC[C@H]2[C@H](C)C1=O. The lowest BCUT2D eigenvalue weighted by Crippen LogP contribution is -2.68. The zero-order valence-corrected chi connectivity index (χ0v) is 91.2. The van der Waals surface area contributed by atoms with Gasteiger partial charge < -0.3 is 30.0 Å². The van der Waals surface area contributed by atoms with E-state index in [9.17, 15) is 57.8 Å². The minimum atomic E-state index is -0.818. The largest absolute Gasteiger partial charge is 0.481 e. The van der Waals surface area contributed by atoms with Crippen LogP contribution in [0.3, 0.4) is 0 Å². The van der Waals surface area contributed by atoms with E-state index >= 15 is 0 Å². The van der Waals surface area contributed by atoms with E-state index in [1.165, 1.54) is 27.8 Å². The molecule has 0 unspecified atom stereocenters. The minimum absolute atomic E-state index is 0. The van der Waals surface area contributed by atoms with Crippen LogP contribution < -0.4 is 5.73 Å². The van der Waals surface area contributed by atoms with E-state index in [4.69, 9.17) is 41.7 Å².